The highest BCUT2D eigenvalue weighted by Gasteiger charge is 2.02. The minimum absolute atomic E-state index is 0.374. The van der Waals surface area contributed by atoms with Crippen molar-refractivity contribution in [3.63, 3.8) is 0 Å². The van der Waals surface area contributed by atoms with Gasteiger partial charge in [0.1, 0.15) is 17.5 Å². The molecule has 2 N–H and O–H groups in total. The second kappa shape index (κ2) is 6.39. The number of aromatic nitrogens is 2. The van der Waals surface area contributed by atoms with E-state index in [0.29, 0.717) is 6.04 Å². The van der Waals surface area contributed by atoms with Gasteiger partial charge in [0.2, 0.25) is 0 Å². The SMILES string of the molecule is Cc1nc(NCCN(C)C)cc(NC(C)C)n1. The number of nitrogens with one attached hydrogen (secondary N) is 2. The van der Waals surface area contributed by atoms with E-state index in [4.69, 9.17) is 0 Å². The molecular formula is C12H23N5. The Labute approximate surface area is 104 Å². The number of hydrogen-bond donors (Lipinski definition) is 2. The fourth-order valence-corrected chi connectivity index (χ4v) is 1.44. The number of anilines is 2. The lowest BCUT2D eigenvalue weighted by atomic mass is 10.4. The highest BCUT2D eigenvalue weighted by Crippen LogP contribution is 2.11. The predicted molar refractivity (Wildman–Crippen MR) is 72.6 cm³/mol. The molecule has 0 aliphatic heterocycles. The van der Waals surface area contributed by atoms with E-state index in [0.717, 1.165) is 30.5 Å². The quantitative estimate of drug-likeness (QED) is 0.786. The zero-order valence-electron chi connectivity index (χ0n) is 11.4. The molecule has 0 aliphatic carbocycles. The molecule has 17 heavy (non-hydrogen) atoms. The van der Waals surface area contributed by atoms with Crippen LogP contribution in [-0.4, -0.2) is 48.1 Å². The molecule has 0 amide bonds. The van der Waals surface area contributed by atoms with Gasteiger partial charge in [0.15, 0.2) is 0 Å². The van der Waals surface area contributed by atoms with E-state index in [1.807, 2.05) is 13.0 Å². The van der Waals surface area contributed by atoms with E-state index < -0.39 is 0 Å². The normalized spacial score (nSPS) is 11.0. The highest BCUT2D eigenvalue weighted by atomic mass is 15.1. The second-order valence-electron chi connectivity index (χ2n) is 4.71. The Hall–Kier alpha value is -1.36. The van der Waals surface area contributed by atoms with Gasteiger partial charge in [-0.1, -0.05) is 0 Å². The summed E-state index contributed by atoms with van der Waals surface area (Å²) in [5.41, 5.74) is 0. The fraction of sp³-hybridized carbons (Fsp3) is 0.667. The molecule has 0 spiro atoms. The minimum Gasteiger partial charge on any atom is -0.369 e. The third kappa shape index (κ3) is 5.49. The van der Waals surface area contributed by atoms with E-state index >= 15 is 0 Å². The smallest absolute Gasteiger partial charge is 0.131 e. The molecule has 0 atom stereocenters. The maximum Gasteiger partial charge on any atom is 0.131 e. The van der Waals surface area contributed by atoms with Gasteiger partial charge in [0, 0.05) is 25.2 Å². The van der Waals surface area contributed by atoms with Gasteiger partial charge in [-0.25, -0.2) is 9.97 Å². The molecule has 0 aliphatic rings. The molecule has 0 unspecified atom stereocenters. The van der Waals surface area contributed by atoms with Gasteiger partial charge in [-0.15, -0.1) is 0 Å². The molecule has 5 heteroatoms. The molecule has 1 heterocycles. The van der Waals surface area contributed by atoms with Crippen LogP contribution in [0.5, 0.6) is 0 Å². The number of rotatable bonds is 6. The van der Waals surface area contributed by atoms with E-state index in [1.165, 1.54) is 0 Å². The molecule has 0 radical (unpaired) electrons. The van der Waals surface area contributed by atoms with Crippen LogP contribution in [0.2, 0.25) is 0 Å². The van der Waals surface area contributed by atoms with Gasteiger partial charge < -0.3 is 15.5 Å². The van der Waals surface area contributed by atoms with Crippen LogP contribution in [0.15, 0.2) is 6.07 Å². The molecule has 5 nitrogen and oxygen atoms in total. The van der Waals surface area contributed by atoms with Crippen molar-refractivity contribution in [2.45, 2.75) is 26.8 Å². The minimum atomic E-state index is 0.374. The molecule has 0 aromatic carbocycles. The van der Waals surface area contributed by atoms with Gasteiger partial charge in [-0.3, -0.25) is 0 Å². The molecular weight excluding hydrogens is 214 g/mol. The lowest BCUT2D eigenvalue weighted by Crippen LogP contribution is -2.21. The van der Waals surface area contributed by atoms with Gasteiger partial charge in [-0.2, -0.15) is 0 Å². The van der Waals surface area contributed by atoms with Crippen LogP contribution in [0.1, 0.15) is 19.7 Å². The number of nitrogens with zero attached hydrogens (tertiary/aromatic N) is 3. The van der Waals surface area contributed by atoms with Crippen molar-refractivity contribution in [2.24, 2.45) is 0 Å². The lowest BCUT2D eigenvalue weighted by molar-refractivity contribution is 0.425. The summed E-state index contributed by atoms with van der Waals surface area (Å²) in [4.78, 5) is 10.8. The van der Waals surface area contributed by atoms with Crippen LogP contribution in [0.4, 0.5) is 11.6 Å². The van der Waals surface area contributed by atoms with Crippen molar-refractivity contribution >= 4 is 11.6 Å². The summed E-state index contributed by atoms with van der Waals surface area (Å²) in [6, 6.07) is 2.32. The van der Waals surface area contributed by atoms with Crippen LogP contribution in [-0.2, 0) is 0 Å². The number of hydrogen-bond acceptors (Lipinski definition) is 5. The monoisotopic (exact) mass is 237 g/mol. The third-order valence-corrected chi connectivity index (χ3v) is 2.14. The Morgan fingerprint density at radius 1 is 1.24 bits per heavy atom. The first-order valence-corrected chi connectivity index (χ1v) is 5.98. The van der Waals surface area contributed by atoms with Crippen molar-refractivity contribution in [2.75, 3.05) is 37.8 Å². The summed E-state index contributed by atoms with van der Waals surface area (Å²) in [5, 5.41) is 6.58. The van der Waals surface area contributed by atoms with Gasteiger partial charge in [0.05, 0.1) is 0 Å². The molecule has 96 valence electrons. The Bertz CT molecular complexity index is 349. The second-order valence-corrected chi connectivity index (χ2v) is 4.71. The fourth-order valence-electron chi connectivity index (χ4n) is 1.44. The topological polar surface area (TPSA) is 53.1 Å². The summed E-state index contributed by atoms with van der Waals surface area (Å²) in [6.45, 7) is 7.95. The van der Waals surface area contributed by atoms with Crippen LogP contribution in [0.25, 0.3) is 0 Å². The largest absolute Gasteiger partial charge is 0.369 e. The van der Waals surface area contributed by atoms with Crippen molar-refractivity contribution in [3.8, 4) is 0 Å². The molecule has 0 saturated heterocycles. The third-order valence-electron chi connectivity index (χ3n) is 2.14. The molecule has 0 fully saturated rings. The van der Waals surface area contributed by atoms with E-state index in [9.17, 15) is 0 Å². The standard InChI is InChI=1S/C12H23N5/c1-9(2)14-12-8-11(15-10(3)16-12)13-6-7-17(4)5/h8-9H,6-7H2,1-5H3,(H2,13,14,15,16). The van der Waals surface area contributed by atoms with Crippen molar-refractivity contribution < 1.29 is 0 Å². The molecule has 1 aromatic heterocycles. The Kier molecular flexibility index (Phi) is 5.15. The van der Waals surface area contributed by atoms with Crippen molar-refractivity contribution in [3.05, 3.63) is 11.9 Å². The first-order chi connectivity index (χ1) is 7.97. The summed E-state index contributed by atoms with van der Waals surface area (Å²) in [5.74, 6) is 2.53. The predicted octanol–water partition coefficient (Wildman–Crippen LogP) is 1.58. The average molecular weight is 237 g/mol. The van der Waals surface area contributed by atoms with Crippen LogP contribution >= 0.6 is 0 Å². The van der Waals surface area contributed by atoms with Crippen LogP contribution in [0, 0.1) is 6.92 Å². The molecule has 1 aromatic rings. The zero-order chi connectivity index (χ0) is 12.8. The van der Waals surface area contributed by atoms with E-state index in [-0.39, 0.29) is 0 Å². The number of aryl methyl sites for hydroxylation is 1. The Balaban J connectivity index is 2.62. The van der Waals surface area contributed by atoms with Crippen molar-refractivity contribution in [1.82, 2.24) is 14.9 Å². The van der Waals surface area contributed by atoms with Gasteiger partial charge in [-0.05, 0) is 34.9 Å². The van der Waals surface area contributed by atoms with Crippen molar-refractivity contribution in [1.29, 1.82) is 0 Å². The maximum atomic E-state index is 4.36. The van der Waals surface area contributed by atoms with E-state index in [1.54, 1.807) is 0 Å². The zero-order valence-corrected chi connectivity index (χ0v) is 11.4. The Morgan fingerprint density at radius 2 is 1.88 bits per heavy atom. The summed E-state index contributed by atoms with van der Waals surface area (Å²) < 4.78 is 0. The van der Waals surface area contributed by atoms with Crippen LogP contribution in [0.3, 0.4) is 0 Å². The first kappa shape index (κ1) is 13.7. The number of likely N-dealkylation sites (N-methyl/N-ethyl adjacent to an activating group) is 1. The molecule has 0 saturated carbocycles. The van der Waals surface area contributed by atoms with Crippen LogP contribution < -0.4 is 10.6 Å². The summed E-state index contributed by atoms with van der Waals surface area (Å²) in [6.07, 6.45) is 0. The maximum absolute atomic E-state index is 4.36. The van der Waals surface area contributed by atoms with Gasteiger partial charge >= 0.3 is 0 Å². The molecule has 0 bridgehead atoms. The first-order valence-electron chi connectivity index (χ1n) is 5.98. The lowest BCUT2D eigenvalue weighted by Gasteiger charge is -2.13. The van der Waals surface area contributed by atoms with E-state index in [2.05, 4.69) is 53.4 Å². The average Bonchev–Trinajstić information content (AvgIpc) is 2.14. The Morgan fingerprint density at radius 3 is 2.47 bits per heavy atom. The molecule has 1 rings (SSSR count). The summed E-state index contributed by atoms with van der Waals surface area (Å²) >= 11 is 0. The highest BCUT2D eigenvalue weighted by molar-refractivity contribution is 5.47. The van der Waals surface area contributed by atoms with Gasteiger partial charge in [0.25, 0.3) is 0 Å². The summed E-state index contributed by atoms with van der Waals surface area (Å²) in [7, 11) is 4.11.